The zero-order chi connectivity index (χ0) is 18.9. The topological polar surface area (TPSA) is 33.1 Å². The van der Waals surface area contributed by atoms with E-state index < -0.39 is 0 Å². The van der Waals surface area contributed by atoms with Crippen LogP contribution >= 0.6 is 11.3 Å². The van der Waals surface area contributed by atoms with Gasteiger partial charge in [0, 0.05) is 0 Å². The Kier molecular flexibility index (Phi) is 4.15. The first-order valence-electron chi connectivity index (χ1n) is 9.13. The molecule has 0 bridgehead atoms. The van der Waals surface area contributed by atoms with E-state index in [0.29, 0.717) is 0 Å². The van der Waals surface area contributed by atoms with E-state index in [2.05, 4.69) is 36.4 Å². The van der Waals surface area contributed by atoms with Gasteiger partial charge in [-0.05, 0) is 46.5 Å². The van der Waals surface area contributed by atoms with Crippen LogP contribution in [0.3, 0.4) is 0 Å². The minimum Gasteiger partial charge on any atom is -0.507 e. The number of para-hydroxylation sites is 1. The van der Waals surface area contributed by atoms with Crippen LogP contribution in [0.2, 0.25) is 0 Å². The van der Waals surface area contributed by atoms with Crippen LogP contribution in [0.5, 0.6) is 5.75 Å². The molecule has 0 aliphatic heterocycles. The SMILES string of the molecule is Oc1cc(-c2ccccc2)c(-c2ccccc2)cc1-c1nc2ccccc2s1. The summed E-state index contributed by atoms with van der Waals surface area (Å²) in [6, 6.07) is 32.4. The van der Waals surface area contributed by atoms with Crippen molar-refractivity contribution in [1.29, 1.82) is 0 Å². The number of phenols is 1. The Bertz CT molecular complexity index is 1230. The lowest BCUT2D eigenvalue weighted by molar-refractivity contribution is 0.477. The summed E-state index contributed by atoms with van der Waals surface area (Å²) in [5.41, 5.74) is 6.00. The Balaban J connectivity index is 1.76. The quantitative estimate of drug-likeness (QED) is 0.366. The summed E-state index contributed by atoms with van der Waals surface area (Å²) in [6.45, 7) is 0. The third-order valence-corrected chi connectivity index (χ3v) is 5.90. The van der Waals surface area contributed by atoms with Gasteiger partial charge in [0.25, 0.3) is 0 Å². The molecular formula is C25H17NOS. The van der Waals surface area contributed by atoms with E-state index in [9.17, 15) is 5.11 Å². The zero-order valence-electron chi connectivity index (χ0n) is 15.0. The Morgan fingerprint density at radius 3 is 1.82 bits per heavy atom. The van der Waals surface area contributed by atoms with Crippen molar-refractivity contribution in [2.75, 3.05) is 0 Å². The van der Waals surface area contributed by atoms with Crippen LogP contribution in [-0.2, 0) is 0 Å². The molecule has 0 atom stereocenters. The molecule has 0 aliphatic rings. The van der Waals surface area contributed by atoms with Crippen molar-refractivity contribution in [3.63, 3.8) is 0 Å². The van der Waals surface area contributed by atoms with Crippen molar-refractivity contribution < 1.29 is 5.11 Å². The van der Waals surface area contributed by atoms with Crippen molar-refractivity contribution in [3.8, 4) is 38.6 Å². The second-order valence-corrected chi connectivity index (χ2v) is 7.66. The summed E-state index contributed by atoms with van der Waals surface area (Å²) in [5.74, 6) is 0.248. The number of hydrogen-bond donors (Lipinski definition) is 1. The first-order chi connectivity index (χ1) is 13.8. The maximum absolute atomic E-state index is 10.9. The predicted molar refractivity (Wildman–Crippen MR) is 118 cm³/mol. The minimum absolute atomic E-state index is 0.248. The van der Waals surface area contributed by atoms with Crippen LogP contribution in [0.4, 0.5) is 0 Å². The third kappa shape index (κ3) is 2.96. The summed E-state index contributed by atoms with van der Waals surface area (Å²) < 4.78 is 1.12. The molecule has 0 amide bonds. The fraction of sp³-hybridized carbons (Fsp3) is 0. The van der Waals surface area contributed by atoms with Crippen molar-refractivity contribution in [2.45, 2.75) is 0 Å². The number of nitrogens with zero attached hydrogens (tertiary/aromatic N) is 1. The molecular weight excluding hydrogens is 362 g/mol. The molecule has 0 spiro atoms. The second kappa shape index (κ2) is 6.95. The van der Waals surface area contributed by atoms with E-state index >= 15 is 0 Å². The highest BCUT2D eigenvalue weighted by atomic mass is 32.1. The second-order valence-electron chi connectivity index (χ2n) is 6.63. The van der Waals surface area contributed by atoms with Gasteiger partial charge in [-0.2, -0.15) is 0 Å². The van der Waals surface area contributed by atoms with Gasteiger partial charge in [-0.3, -0.25) is 0 Å². The maximum Gasteiger partial charge on any atom is 0.128 e. The van der Waals surface area contributed by atoms with Crippen LogP contribution in [0.25, 0.3) is 43.0 Å². The lowest BCUT2D eigenvalue weighted by Crippen LogP contribution is -1.88. The van der Waals surface area contributed by atoms with E-state index in [1.54, 1.807) is 11.3 Å². The Morgan fingerprint density at radius 2 is 1.18 bits per heavy atom. The molecule has 0 radical (unpaired) electrons. The van der Waals surface area contributed by atoms with Gasteiger partial charge >= 0.3 is 0 Å². The summed E-state index contributed by atoms with van der Waals surface area (Å²) in [5, 5.41) is 11.7. The van der Waals surface area contributed by atoms with Gasteiger partial charge in [-0.25, -0.2) is 4.98 Å². The van der Waals surface area contributed by atoms with Gasteiger partial charge in [0.15, 0.2) is 0 Å². The highest BCUT2D eigenvalue weighted by Crippen LogP contribution is 2.42. The molecule has 4 aromatic carbocycles. The highest BCUT2D eigenvalue weighted by molar-refractivity contribution is 7.21. The number of thiazole rings is 1. The lowest BCUT2D eigenvalue weighted by atomic mass is 9.92. The van der Waals surface area contributed by atoms with Gasteiger partial charge in [-0.15, -0.1) is 11.3 Å². The summed E-state index contributed by atoms with van der Waals surface area (Å²) in [4.78, 5) is 4.74. The number of phenolic OH excluding ortho intramolecular Hbond substituents is 1. The number of fused-ring (bicyclic) bond motifs is 1. The lowest BCUT2D eigenvalue weighted by Gasteiger charge is -2.13. The molecule has 0 saturated heterocycles. The Morgan fingerprint density at radius 1 is 0.607 bits per heavy atom. The zero-order valence-corrected chi connectivity index (χ0v) is 15.9. The molecule has 1 aromatic heterocycles. The fourth-order valence-electron chi connectivity index (χ4n) is 3.46. The molecule has 2 nitrogen and oxygen atoms in total. The van der Waals surface area contributed by atoms with E-state index in [0.717, 1.165) is 43.0 Å². The van der Waals surface area contributed by atoms with Crippen LogP contribution < -0.4 is 0 Å². The molecule has 0 saturated carbocycles. The highest BCUT2D eigenvalue weighted by Gasteiger charge is 2.16. The van der Waals surface area contributed by atoms with Gasteiger partial charge in [0.2, 0.25) is 0 Å². The predicted octanol–water partition coefficient (Wildman–Crippen LogP) is 7.00. The largest absolute Gasteiger partial charge is 0.507 e. The monoisotopic (exact) mass is 379 g/mol. The number of hydrogen-bond acceptors (Lipinski definition) is 3. The van der Waals surface area contributed by atoms with Crippen LogP contribution in [-0.4, -0.2) is 10.1 Å². The van der Waals surface area contributed by atoms with Crippen LogP contribution in [0.15, 0.2) is 97.1 Å². The first kappa shape index (κ1) is 16.7. The van der Waals surface area contributed by atoms with Crippen LogP contribution in [0.1, 0.15) is 0 Å². The normalized spacial score (nSPS) is 11.0. The van der Waals surface area contributed by atoms with Gasteiger partial charge in [0.05, 0.1) is 15.8 Å². The average molecular weight is 379 g/mol. The summed E-state index contributed by atoms with van der Waals surface area (Å²) in [7, 11) is 0. The molecule has 0 aliphatic carbocycles. The maximum atomic E-state index is 10.9. The van der Waals surface area contributed by atoms with Crippen molar-refractivity contribution in [1.82, 2.24) is 4.98 Å². The van der Waals surface area contributed by atoms with Gasteiger partial charge < -0.3 is 5.11 Å². The molecule has 5 aromatic rings. The number of aromatic hydroxyl groups is 1. The molecule has 134 valence electrons. The molecule has 1 heterocycles. The third-order valence-electron chi connectivity index (χ3n) is 4.83. The summed E-state index contributed by atoms with van der Waals surface area (Å²) >= 11 is 1.60. The molecule has 3 heteroatoms. The van der Waals surface area contributed by atoms with Gasteiger partial charge in [0.1, 0.15) is 10.8 Å². The van der Waals surface area contributed by atoms with Crippen LogP contribution in [0, 0.1) is 0 Å². The van der Waals surface area contributed by atoms with E-state index in [4.69, 9.17) is 4.98 Å². The van der Waals surface area contributed by atoms with Gasteiger partial charge in [-0.1, -0.05) is 72.8 Å². The minimum atomic E-state index is 0.248. The molecule has 5 rings (SSSR count). The number of benzene rings is 4. The average Bonchev–Trinajstić information content (AvgIpc) is 3.19. The van der Waals surface area contributed by atoms with Crippen molar-refractivity contribution in [2.24, 2.45) is 0 Å². The number of aromatic nitrogens is 1. The van der Waals surface area contributed by atoms with E-state index in [-0.39, 0.29) is 5.75 Å². The first-order valence-corrected chi connectivity index (χ1v) is 9.95. The summed E-state index contributed by atoms with van der Waals surface area (Å²) in [6.07, 6.45) is 0. The van der Waals surface area contributed by atoms with Crippen molar-refractivity contribution in [3.05, 3.63) is 97.1 Å². The molecule has 0 fully saturated rings. The fourth-order valence-corrected chi connectivity index (χ4v) is 4.45. The van der Waals surface area contributed by atoms with E-state index in [1.807, 2.05) is 60.7 Å². The molecule has 0 unspecified atom stereocenters. The van der Waals surface area contributed by atoms with Crippen molar-refractivity contribution >= 4 is 21.6 Å². The Labute approximate surface area is 167 Å². The van der Waals surface area contributed by atoms with E-state index in [1.165, 1.54) is 0 Å². The molecule has 28 heavy (non-hydrogen) atoms. The molecule has 1 N–H and O–H groups in total. The number of rotatable bonds is 3. The smallest absolute Gasteiger partial charge is 0.128 e. The standard InChI is InChI=1S/C25H17NOS/c27-23-16-20(18-11-5-2-6-12-18)19(17-9-3-1-4-10-17)15-21(23)25-26-22-13-7-8-14-24(22)28-25/h1-16,27H. The Hall–Kier alpha value is -3.43.